The maximum Gasteiger partial charge on any atom is 0.290 e. The van der Waals surface area contributed by atoms with Crippen molar-refractivity contribution in [2.75, 3.05) is 40.3 Å². The van der Waals surface area contributed by atoms with Crippen molar-refractivity contribution < 1.29 is 29.3 Å². The topological polar surface area (TPSA) is 152 Å². The summed E-state index contributed by atoms with van der Waals surface area (Å²) in [6.07, 6.45) is 6.54. The molecule has 0 saturated carbocycles. The number of aryl methyl sites for hydroxylation is 1. The molecule has 2 atom stereocenters. The Hall–Kier alpha value is -4.04. The highest BCUT2D eigenvalue weighted by Crippen LogP contribution is 2.38. The van der Waals surface area contributed by atoms with Crippen molar-refractivity contribution in [2.24, 2.45) is 11.3 Å². The molecular weight excluding hydrogens is 672 g/mol. The summed E-state index contributed by atoms with van der Waals surface area (Å²) in [5.41, 5.74) is 4.91. The number of halogens is 1. The van der Waals surface area contributed by atoms with Gasteiger partial charge in [0, 0.05) is 43.6 Å². The van der Waals surface area contributed by atoms with Crippen LogP contribution in [0.5, 0.6) is 5.88 Å². The van der Waals surface area contributed by atoms with Gasteiger partial charge >= 0.3 is 0 Å². The minimum atomic E-state index is -0.777. The number of carbonyl (C=O) groups excluding carboxylic acids is 1. The van der Waals surface area contributed by atoms with Crippen LogP contribution >= 0.6 is 11.3 Å². The molecule has 3 aromatic heterocycles. The number of piperidine rings is 1. The van der Waals surface area contributed by atoms with E-state index in [1.807, 2.05) is 43.3 Å². The lowest BCUT2D eigenvalue weighted by Crippen LogP contribution is -2.50. The van der Waals surface area contributed by atoms with E-state index in [1.165, 1.54) is 29.2 Å². The molecule has 0 unspecified atom stereocenters. The first-order valence-electron chi connectivity index (χ1n) is 17.4. The molecule has 0 spiro atoms. The Morgan fingerprint density at radius 2 is 1.84 bits per heavy atom. The number of pyridine rings is 2. The Bertz CT molecular complexity index is 1820. The smallest absolute Gasteiger partial charge is 0.290 e. The third-order valence-corrected chi connectivity index (χ3v) is 11.0. The van der Waals surface area contributed by atoms with E-state index in [2.05, 4.69) is 42.0 Å². The second kappa shape index (κ2) is 16.1. The molecular formula is C38H49FN6O5S. The standard InChI is InChI=1S/C37H47FN6O3S.CH2O2/c1-36(2,3)27-10-11-29-25(18-27)20-31-34(41-29)48-35(42-31)33(46)40-30(12-15-44-16-13-37(47,14-17-44)22-43(4)5)24-8-6-23(7-9-24)26-19-28(38)32(45)39-21-26;2-1-3/h6-9,19-21,27,30,47H,10-18,22H2,1-5H3,(H,39,45)(H,40,46);1H,(H,2,3)/t27-,30+;/m0./s1. The average Bonchev–Trinajstić information content (AvgIpc) is 3.50. The number of aromatic hydroxyl groups is 1. The molecule has 1 amide bonds. The lowest BCUT2D eigenvalue weighted by molar-refractivity contribution is -0.122. The van der Waals surface area contributed by atoms with Gasteiger partial charge in [-0.1, -0.05) is 56.4 Å². The number of aliphatic hydroxyl groups is 1. The number of benzene rings is 1. The lowest BCUT2D eigenvalue weighted by Gasteiger charge is -2.40. The van der Waals surface area contributed by atoms with Crippen molar-refractivity contribution >= 4 is 34.1 Å². The summed E-state index contributed by atoms with van der Waals surface area (Å²) in [6, 6.07) is 10.7. The highest BCUT2D eigenvalue weighted by Gasteiger charge is 2.33. The van der Waals surface area contributed by atoms with Crippen LogP contribution in [0.15, 0.2) is 42.6 Å². The van der Waals surface area contributed by atoms with Crippen LogP contribution in [0.2, 0.25) is 0 Å². The van der Waals surface area contributed by atoms with Crippen molar-refractivity contribution in [1.29, 1.82) is 0 Å². The van der Waals surface area contributed by atoms with Gasteiger partial charge in [-0.3, -0.25) is 9.59 Å². The van der Waals surface area contributed by atoms with Gasteiger partial charge < -0.3 is 30.4 Å². The molecule has 1 aliphatic carbocycles. The number of amides is 1. The van der Waals surface area contributed by atoms with Gasteiger partial charge in [-0.2, -0.15) is 0 Å². The van der Waals surface area contributed by atoms with Crippen LogP contribution in [0.3, 0.4) is 0 Å². The molecule has 2 aliphatic rings. The fourth-order valence-corrected chi connectivity index (χ4v) is 7.98. The molecule has 1 saturated heterocycles. The number of rotatable bonds is 9. The minimum Gasteiger partial charge on any atom is -0.491 e. The second-order valence-electron chi connectivity index (χ2n) is 15.1. The van der Waals surface area contributed by atoms with Gasteiger partial charge in [-0.15, -0.1) is 0 Å². The number of hydrogen-bond acceptors (Lipinski definition) is 10. The first kappa shape index (κ1) is 38.2. The Kier molecular flexibility index (Phi) is 12.1. The number of nitrogens with zero attached hydrogens (tertiary/aromatic N) is 5. The lowest BCUT2D eigenvalue weighted by atomic mass is 9.71. The zero-order chi connectivity index (χ0) is 36.9. The molecule has 0 bridgehead atoms. The van der Waals surface area contributed by atoms with Crippen LogP contribution in [0.25, 0.3) is 21.5 Å². The van der Waals surface area contributed by atoms with Gasteiger partial charge in [0.1, 0.15) is 10.3 Å². The summed E-state index contributed by atoms with van der Waals surface area (Å²) in [4.78, 5) is 40.8. The third kappa shape index (κ3) is 9.65. The molecule has 4 N–H and O–H groups in total. The van der Waals surface area contributed by atoms with Crippen LogP contribution in [0.1, 0.15) is 79.1 Å². The number of carboxylic acid groups (broad SMARTS) is 1. The minimum absolute atomic E-state index is 0.228. The molecule has 13 heteroatoms. The largest absolute Gasteiger partial charge is 0.491 e. The molecule has 1 aliphatic heterocycles. The zero-order valence-corrected chi connectivity index (χ0v) is 30.8. The number of aromatic nitrogens is 3. The molecule has 4 heterocycles. The number of carbonyl (C=O) groups is 2. The first-order valence-corrected chi connectivity index (χ1v) is 18.2. The Labute approximate surface area is 302 Å². The first-order chi connectivity index (χ1) is 24.2. The quantitative estimate of drug-likeness (QED) is 0.159. The summed E-state index contributed by atoms with van der Waals surface area (Å²) in [5, 5.41) is 31.1. The molecule has 274 valence electrons. The number of thiazole rings is 1. The van der Waals surface area contributed by atoms with Gasteiger partial charge in [-0.05, 0) is 92.8 Å². The predicted octanol–water partition coefficient (Wildman–Crippen LogP) is 5.70. The molecule has 4 aromatic rings. The van der Waals surface area contributed by atoms with Crippen LogP contribution in [-0.2, 0) is 17.6 Å². The molecule has 1 aromatic carbocycles. The summed E-state index contributed by atoms with van der Waals surface area (Å²) in [7, 11) is 3.96. The summed E-state index contributed by atoms with van der Waals surface area (Å²) < 4.78 is 14.0. The van der Waals surface area contributed by atoms with Crippen LogP contribution in [-0.4, -0.2) is 98.3 Å². The highest BCUT2D eigenvalue weighted by molar-refractivity contribution is 7.19. The maximum absolute atomic E-state index is 14.0. The van der Waals surface area contributed by atoms with E-state index in [1.54, 1.807) is 0 Å². The summed E-state index contributed by atoms with van der Waals surface area (Å²) in [5.74, 6) is -1.05. The normalized spacial score (nSPS) is 18.1. The number of nitrogens with one attached hydrogen (secondary N) is 1. The highest BCUT2D eigenvalue weighted by atomic mass is 32.1. The van der Waals surface area contributed by atoms with Crippen molar-refractivity contribution in [3.05, 3.63) is 70.2 Å². The van der Waals surface area contributed by atoms with Crippen molar-refractivity contribution in [1.82, 2.24) is 30.1 Å². The monoisotopic (exact) mass is 720 g/mol. The van der Waals surface area contributed by atoms with E-state index in [0.29, 0.717) is 42.3 Å². The molecule has 6 rings (SSSR count). The van der Waals surface area contributed by atoms with E-state index in [9.17, 15) is 19.4 Å². The van der Waals surface area contributed by atoms with Crippen molar-refractivity contribution in [2.45, 2.75) is 70.9 Å². The second-order valence-corrected chi connectivity index (χ2v) is 16.1. The Morgan fingerprint density at radius 1 is 1.16 bits per heavy atom. The van der Waals surface area contributed by atoms with Gasteiger partial charge in [0.2, 0.25) is 5.88 Å². The van der Waals surface area contributed by atoms with Gasteiger partial charge in [0.05, 0.1) is 11.6 Å². The Balaban J connectivity index is 0.00000162. The predicted molar refractivity (Wildman–Crippen MR) is 196 cm³/mol. The fourth-order valence-electron chi connectivity index (χ4n) is 7.14. The zero-order valence-electron chi connectivity index (χ0n) is 30.0. The third-order valence-electron chi connectivity index (χ3n) is 10.1. The maximum atomic E-state index is 14.0. The molecule has 51 heavy (non-hydrogen) atoms. The van der Waals surface area contributed by atoms with Crippen LogP contribution < -0.4 is 5.32 Å². The number of hydrogen-bond donors (Lipinski definition) is 4. The van der Waals surface area contributed by atoms with E-state index in [0.717, 1.165) is 66.1 Å². The summed E-state index contributed by atoms with van der Waals surface area (Å²) in [6.45, 7) is 9.60. The number of fused-ring (bicyclic) bond motifs is 2. The van der Waals surface area contributed by atoms with Gasteiger partial charge in [0.15, 0.2) is 10.8 Å². The van der Waals surface area contributed by atoms with Crippen molar-refractivity contribution in [3.63, 3.8) is 0 Å². The molecule has 0 radical (unpaired) electrons. The van der Waals surface area contributed by atoms with Crippen LogP contribution in [0, 0.1) is 17.2 Å². The fraction of sp³-hybridized carbons (Fsp3) is 0.500. The summed E-state index contributed by atoms with van der Waals surface area (Å²) >= 11 is 1.34. The van der Waals surface area contributed by atoms with E-state index >= 15 is 0 Å². The molecule has 11 nitrogen and oxygen atoms in total. The van der Waals surface area contributed by atoms with Crippen molar-refractivity contribution in [3.8, 4) is 17.0 Å². The SMILES string of the molecule is CN(C)CC1(O)CCN(CC[C@@H](NC(=O)c2nc3cc4c(nc3s2)CC[C@H](C(C)(C)C)C4)c2ccc(-c3cnc(O)c(F)c3)cc2)CC1.O=CO. The van der Waals surface area contributed by atoms with E-state index in [4.69, 9.17) is 19.9 Å². The van der Waals surface area contributed by atoms with E-state index < -0.39 is 17.3 Å². The number of likely N-dealkylation sites (N-methyl/N-ethyl adjacent to an activating group) is 1. The van der Waals surface area contributed by atoms with Gasteiger partial charge in [-0.25, -0.2) is 19.3 Å². The van der Waals surface area contributed by atoms with Crippen LogP contribution in [0.4, 0.5) is 4.39 Å². The average molecular weight is 721 g/mol. The van der Waals surface area contributed by atoms with E-state index in [-0.39, 0.29) is 23.8 Å². The number of likely N-dealkylation sites (tertiary alicyclic amines) is 1. The van der Waals surface area contributed by atoms with Gasteiger partial charge in [0.25, 0.3) is 12.4 Å². The molecule has 1 fully saturated rings. The Morgan fingerprint density at radius 3 is 2.47 bits per heavy atom.